The van der Waals surface area contributed by atoms with Crippen molar-refractivity contribution in [3.8, 4) is 16.9 Å². The first-order chi connectivity index (χ1) is 12.5. The largest absolute Gasteiger partial charge is 0.485 e. The van der Waals surface area contributed by atoms with Crippen molar-refractivity contribution in [2.45, 2.75) is 44.8 Å². The lowest BCUT2D eigenvalue weighted by Gasteiger charge is -2.18. The highest BCUT2D eigenvalue weighted by Crippen LogP contribution is 2.48. The number of nitrogen functional groups attached to an aromatic ring is 1. The second kappa shape index (κ2) is 5.13. The Labute approximate surface area is 152 Å². The van der Waals surface area contributed by atoms with Crippen LogP contribution in [-0.2, 0) is 6.42 Å². The Morgan fingerprint density at radius 3 is 2.77 bits per heavy atom. The molecule has 1 aliphatic carbocycles. The van der Waals surface area contributed by atoms with Gasteiger partial charge in [-0.1, -0.05) is 6.07 Å². The molecule has 1 aromatic carbocycles. The van der Waals surface area contributed by atoms with Gasteiger partial charge in [0.25, 0.3) is 0 Å². The lowest BCUT2D eigenvalue weighted by Crippen LogP contribution is -2.24. The summed E-state index contributed by atoms with van der Waals surface area (Å²) in [4.78, 5) is 8.79. The summed E-state index contributed by atoms with van der Waals surface area (Å²) >= 11 is 0. The van der Waals surface area contributed by atoms with Crippen molar-refractivity contribution < 1.29 is 4.74 Å². The van der Waals surface area contributed by atoms with E-state index in [9.17, 15) is 0 Å². The summed E-state index contributed by atoms with van der Waals surface area (Å²) in [5.41, 5.74) is 11.5. The van der Waals surface area contributed by atoms with Crippen LogP contribution in [0.2, 0.25) is 0 Å². The first-order valence-electron chi connectivity index (χ1n) is 9.12. The van der Waals surface area contributed by atoms with Gasteiger partial charge in [0.05, 0.1) is 11.1 Å². The van der Waals surface area contributed by atoms with Gasteiger partial charge < -0.3 is 20.4 Å². The molecule has 0 radical (unpaired) electrons. The van der Waals surface area contributed by atoms with E-state index in [0.717, 1.165) is 40.0 Å². The molecule has 6 heteroatoms. The molecule has 0 amide bonds. The average Bonchev–Trinajstić information content (AvgIpc) is 3.28. The highest BCUT2D eigenvalue weighted by Gasteiger charge is 2.35. The molecule has 0 spiro atoms. The van der Waals surface area contributed by atoms with E-state index >= 15 is 0 Å². The van der Waals surface area contributed by atoms with E-state index in [0.29, 0.717) is 11.9 Å². The Balaban J connectivity index is 1.79. The number of nitrogens with one attached hydrogen (secondary N) is 1. The first-order valence-corrected chi connectivity index (χ1v) is 9.12. The predicted molar refractivity (Wildman–Crippen MR) is 104 cm³/mol. The van der Waals surface area contributed by atoms with E-state index in [2.05, 4.69) is 52.0 Å². The zero-order chi connectivity index (χ0) is 18.1. The molecule has 1 fully saturated rings. The molecule has 26 heavy (non-hydrogen) atoms. The SMILES string of the molecule is CNc1ccc(-c2cn(C3CC3)c3ncnc(N)c23)c2c1OC(C)(C)C2. The second-order valence-electron chi connectivity index (χ2n) is 7.90. The number of anilines is 2. The molecule has 5 rings (SSSR count). The average molecular weight is 349 g/mol. The number of nitrogens with zero attached hydrogens (tertiary/aromatic N) is 3. The second-order valence-corrected chi connectivity index (χ2v) is 7.90. The van der Waals surface area contributed by atoms with E-state index in [1.165, 1.54) is 18.4 Å². The fourth-order valence-corrected chi connectivity index (χ4v) is 4.05. The van der Waals surface area contributed by atoms with Crippen molar-refractivity contribution in [3.63, 3.8) is 0 Å². The Kier molecular flexibility index (Phi) is 3.05. The van der Waals surface area contributed by atoms with E-state index in [-0.39, 0.29) is 5.60 Å². The summed E-state index contributed by atoms with van der Waals surface area (Å²) < 4.78 is 8.52. The Morgan fingerprint density at radius 2 is 2.04 bits per heavy atom. The number of hydrogen-bond acceptors (Lipinski definition) is 5. The summed E-state index contributed by atoms with van der Waals surface area (Å²) in [5.74, 6) is 1.48. The van der Waals surface area contributed by atoms with Gasteiger partial charge in [-0.3, -0.25) is 0 Å². The van der Waals surface area contributed by atoms with Crippen molar-refractivity contribution in [2.75, 3.05) is 18.1 Å². The smallest absolute Gasteiger partial charge is 0.147 e. The molecular weight excluding hydrogens is 326 g/mol. The quantitative estimate of drug-likeness (QED) is 0.752. The number of ether oxygens (including phenoxy) is 1. The maximum absolute atomic E-state index is 6.27. The van der Waals surface area contributed by atoms with Crippen LogP contribution in [-0.4, -0.2) is 27.2 Å². The molecule has 134 valence electrons. The van der Waals surface area contributed by atoms with Gasteiger partial charge in [-0.15, -0.1) is 0 Å². The summed E-state index contributed by atoms with van der Waals surface area (Å²) in [6.45, 7) is 4.25. The Morgan fingerprint density at radius 1 is 1.23 bits per heavy atom. The predicted octanol–water partition coefficient (Wildman–Crippen LogP) is 3.77. The highest BCUT2D eigenvalue weighted by molar-refractivity contribution is 6.02. The normalized spacial score (nSPS) is 18.0. The van der Waals surface area contributed by atoms with Crippen LogP contribution in [0.15, 0.2) is 24.7 Å². The van der Waals surface area contributed by atoms with Crippen LogP contribution < -0.4 is 15.8 Å². The lowest BCUT2D eigenvalue weighted by molar-refractivity contribution is 0.139. The molecule has 0 bridgehead atoms. The number of fused-ring (bicyclic) bond motifs is 2. The molecule has 3 aromatic rings. The fourth-order valence-electron chi connectivity index (χ4n) is 4.05. The fraction of sp³-hybridized carbons (Fsp3) is 0.400. The number of rotatable bonds is 3. The molecular formula is C20H23N5O. The number of benzene rings is 1. The topological polar surface area (TPSA) is 78.0 Å². The van der Waals surface area contributed by atoms with E-state index < -0.39 is 0 Å². The van der Waals surface area contributed by atoms with Gasteiger partial charge in [0, 0.05) is 36.8 Å². The van der Waals surface area contributed by atoms with Crippen LogP contribution in [0.4, 0.5) is 11.5 Å². The number of nitrogens with two attached hydrogens (primary N) is 1. The van der Waals surface area contributed by atoms with Gasteiger partial charge in [-0.25, -0.2) is 9.97 Å². The molecule has 0 saturated heterocycles. The third-order valence-electron chi connectivity index (χ3n) is 5.38. The van der Waals surface area contributed by atoms with Gasteiger partial charge in [0.1, 0.15) is 29.1 Å². The molecule has 2 aliphatic rings. The summed E-state index contributed by atoms with van der Waals surface area (Å²) in [7, 11) is 1.93. The van der Waals surface area contributed by atoms with Gasteiger partial charge in [0.2, 0.25) is 0 Å². The third-order valence-corrected chi connectivity index (χ3v) is 5.38. The molecule has 0 unspecified atom stereocenters. The van der Waals surface area contributed by atoms with Crippen LogP contribution in [0.3, 0.4) is 0 Å². The standard InChI is InChI=1S/C20H23N5O/c1-20(2)8-13-12(6-7-15(22-3)17(13)26-20)14-9-25(11-4-5-11)19-16(14)18(21)23-10-24-19/h6-7,9-11,22H,4-5,8H2,1-3H3,(H2,21,23,24). The highest BCUT2D eigenvalue weighted by atomic mass is 16.5. The number of hydrogen-bond donors (Lipinski definition) is 2. The Hall–Kier alpha value is -2.76. The third kappa shape index (κ3) is 2.18. The summed E-state index contributed by atoms with van der Waals surface area (Å²) in [5, 5.41) is 4.19. The van der Waals surface area contributed by atoms with Crippen molar-refractivity contribution in [1.29, 1.82) is 0 Å². The van der Waals surface area contributed by atoms with Gasteiger partial charge >= 0.3 is 0 Å². The maximum atomic E-state index is 6.27. The molecule has 0 atom stereocenters. The van der Waals surface area contributed by atoms with E-state index in [4.69, 9.17) is 10.5 Å². The van der Waals surface area contributed by atoms with E-state index in [1.807, 2.05) is 7.05 Å². The molecule has 2 aromatic heterocycles. The van der Waals surface area contributed by atoms with Crippen molar-refractivity contribution in [2.24, 2.45) is 0 Å². The summed E-state index contributed by atoms with van der Waals surface area (Å²) in [6.07, 6.45) is 7.01. The van der Waals surface area contributed by atoms with Crippen molar-refractivity contribution in [3.05, 3.63) is 30.2 Å². The van der Waals surface area contributed by atoms with Gasteiger partial charge in [-0.2, -0.15) is 0 Å². The van der Waals surface area contributed by atoms with Crippen LogP contribution in [0, 0.1) is 0 Å². The number of aromatic nitrogens is 3. The molecule has 6 nitrogen and oxygen atoms in total. The minimum absolute atomic E-state index is 0.221. The molecule has 1 aliphatic heterocycles. The van der Waals surface area contributed by atoms with Gasteiger partial charge in [0.15, 0.2) is 0 Å². The zero-order valence-corrected chi connectivity index (χ0v) is 15.3. The van der Waals surface area contributed by atoms with Crippen LogP contribution in [0.5, 0.6) is 5.75 Å². The monoisotopic (exact) mass is 349 g/mol. The lowest BCUT2D eigenvalue weighted by atomic mass is 9.93. The van der Waals surface area contributed by atoms with E-state index in [1.54, 1.807) is 6.33 Å². The van der Waals surface area contributed by atoms with Crippen LogP contribution in [0.25, 0.3) is 22.2 Å². The Bertz CT molecular complexity index is 1030. The van der Waals surface area contributed by atoms with Crippen LogP contribution >= 0.6 is 0 Å². The van der Waals surface area contributed by atoms with Gasteiger partial charge in [-0.05, 0) is 38.3 Å². The zero-order valence-electron chi connectivity index (χ0n) is 15.3. The first kappa shape index (κ1) is 15.5. The molecule has 1 saturated carbocycles. The summed E-state index contributed by atoms with van der Waals surface area (Å²) in [6, 6.07) is 4.77. The molecule has 3 heterocycles. The maximum Gasteiger partial charge on any atom is 0.147 e. The van der Waals surface area contributed by atoms with Crippen LogP contribution in [0.1, 0.15) is 38.3 Å². The van der Waals surface area contributed by atoms with Crippen molar-refractivity contribution >= 4 is 22.5 Å². The molecule has 3 N–H and O–H groups in total. The minimum Gasteiger partial charge on any atom is -0.485 e. The van der Waals surface area contributed by atoms with Crippen molar-refractivity contribution in [1.82, 2.24) is 14.5 Å². The minimum atomic E-state index is -0.221.